The minimum Gasteiger partial charge on any atom is -0.332 e. The molecule has 5 nitrogen and oxygen atoms in total. The molecule has 0 aromatic heterocycles. The molecule has 0 aliphatic heterocycles. The van der Waals surface area contributed by atoms with Crippen LogP contribution in [-0.4, -0.2) is 16.9 Å². The number of rotatable bonds is 3. The number of hydrogen-bond acceptors (Lipinski definition) is 3. The molecule has 3 N–H and O–H groups in total. The Morgan fingerprint density at radius 2 is 1.65 bits per heavy atom. The molecule has 0 atom stereocenters. The van der Waals surface area contributed by atoms with E-state index in [1.807, 2.05) is 0 Å². The summed E-state index contributed by atoms with van der Waals surface area (Å²) in [6, 6.07) is 13.6. The highest BCUT2D eigenvalue weighted by molar-refractivity contribution is 7.80. The van der Waals surface area contributed by atoms with Crippen molar-refractivity contribution in [2.75, 3.05) is 10.6 Å². The lowest BCUT2D eigenvalue weighted by Gasteiger charge is -2.10. The highest BCUT2D eigenvalue weighted by Crippen LogP contribution is 2.17. The number of anilines is 2. The second-order valence-corrected chi connectivity index (χ2v) is 5.53. The fraction of sp³-hybridized carbons (Fsp3) is 0.0625. The first-order valence-corrected chi connectivity index (χ1v) is 7.48. The molecular weight excluding hydrogens is 334 g/mol. The highest BCUT2D eigenvalue weighted by atomic mass is 35.5. The van der Waals surface area contributed by atoms with Gasteiger partial charge < -0.3 is 16.0 Å². The largest absolute Gasteiger partial charge is 0.332 e. The first-order valence-electron chi connectivity index (χ1n) is 6.69. The maximum absolute atomic E-state index is 12.3. The Bertz CT molecular complexity index is 764. The number of carbonyl (C=O) groups is 2. The molecule has 0 aliphatic carbocycles. The molecule has 0 saturated heterocycles. The fourth-order valence-corrected chi connectivity index (χ4v) is 2.28. The van der Waals surface area contributed by atoms with Gasteiger partial charge in [0.1, 0.15) is 0 Å². The number of benzene rings is 2. The van der Waals surface area contributed by atoms with Gasteiger partial charge in [0.2, 0.25) is 5.91 Å². The molecule has 2 rings (SSSR count). The highest BCUT2D eigenvalue weighted by Gasteiger charge is 2.08. The maximum Gasteiger partial charge on any atom is 0.255 e. The molecule has 2 aromatic carbocycles. The Labute approximate surface area is 144 Å². The average Bonchev–Trinajstić information content (AvgIpc) is 2.46. The SMILES string of the molecule is CC(=O)NC(=S)Nc1cccc(C(=O)Nc2cccc(Cl)c2)c1. The zero-order valence-corrected chi connectivity index (χ0v) is 13.8. The van der Waals surface area contributed by atoms with E-state index in [1.54, 1.807) is 48.5 Å². The summed E-state index contributed by atoms with van der Waals surface area (Å²) >= 11 is 10.9. The van der Waals surface area contributed by atoms with Crippen LogP contribution in [-0.2, 0) is 4.79 Å². The number of halogens is 1. The van der Waals surface area contributed by atoms with Gasteiger partial charge in [0.15, 0.2) is 5.11 Å². The first-order chi connectivity index (χ1) is 10.9. The molecule has 0 heterocycles. The van der Waals surface area contributed by atoms with E-state index in [4.69, 9.17) is 23.8 Å². The maximum atomic E-state index is 12.3. The van der Waals surface area contributed by atoms with Crippen molar-refractivity contribution in [1.82, 2.24) is 5.32 Å². The molecule has 0 radical (unpaired) electrons. The summed E-state index contributed by atoms with van der Waals surface area (Å²) in [5.41, 5.74) is 1.65. The summed E-state index contributed by atoms with van der Waals surface area (Å²) < 4.78 is 0. The first kappa shape index (κ1) is 16.9. The molecule has 0 saturated carbocycles. The van der Waals surface area contributed by atoms with Crippen LogP contribution in [0.2, 0.25) is 5.02 Å². The van der Waals surface area contributed by atoms with E-state index < -0.39 is 0 Å². The predicted octanol–water partition coefficient (Wildman–Crippen LogP) is 3.43. The topological polar surface area (TPSA) is 70.2 Å². The number of amides is 2. The minimum atomic E-state index is -0.277. The van der Waals surface area contributed by atoms with Crippen LogP contribution in [0, 0.1) is 0 Å². The average molecular weight is 348 g/mol. The lowest BCUT2D eigenvalue weighted by atomic mass is 10.2. The predicted molar refractivity (Wildman–Crippen MR) is 95.9 cm³/mol. The Kier molecular flexibility index (Phi) is 5.67. The van der Waals surface area contributed by atoms with Crippen LogP contribution in [0.3, 0.4) is 0 Å². The fourth-order valence-electron chi connectivity index (χ4n) is 1.83. The van der Waals surface area contributed by atoms with Gasteiger partial charge in [-0.05, 0) is 48.6 Å². The van der Waals surface area contributed by atoms with E-state index in [0.717, 1.165) is 0 Å². The van der Waals surface area contributed by atoms with Gasteiger partial charge in [0.25, 0.3) is 5.91 Å². The standard InChI is InChI=1S/C16H14ClN3O2S/c1-10(21)18-16(23)20-13-6-2-4-11(8-13)15(22)19-14-7-3-5-12(17)9-14/h2-9H,1H3,(H,19,22)(H2,18,20,21,23). The number of carbonyl (C=O) groups excluding carboxylic acids is 2. The Morgan fingerprint density at radius 1 is 1.00 bits per heavy atom. The van der Waals surface area contributed by atoms with Crippen LogP contribution in [0.15, 0.2) is 48.5 Å². The minimum absolute atomic E-state index is 0.171. The number of hydrogen-bond donors (Lipinski definition) is 3. The molecule has 7 heteroatoms. The van der Waals surface area contributed by atoms with Gasteiger partial charge in [0.05, 0.1) is 0 Å². The van der Waals surface area contributed by atoms with Crippen LogP contribution < -0.4 is 16.0 Å². The van der Waals surface area contributed by atoms with Crippen molar-refractivity contribution in [1.29, 1.82) is 0 Å². The molecular formula is C16H14ClN3O2S. The summed E-state index contributed by atoms with van der Waals surface area (Å²) in [5, 5.41) is 8.76. The van der Waals surface area contributed by atoms with Crippen molar-refractivity contribution in [2.24, 2.45) is 0 Å². The number of thiocarbonyl (C=S) groups is 1. The van der Waals surface area contributed by atoms with Crippen LogP contribution in [0.5, 0.6) is 0 Å². The van der Waals surface area contributed by atoms with Crippen molar-refractivity contribution >= 4 is 52.1 Å². The Hall–Kier alpha value is -2.44. The lowest BCUT2D eigenvalue weighted by Crippen LogP contribution is -2.32. The zero-order chi connectivity index (χ0) is 16.8. The van der Waals surface area contributed by atoms with E-state index in [-0.39, 0.29) is 16.9 Å². The van der Waals surface area contributed by atoms with Gasteiger partial charge in [0, 0.05) is 28.9 Å². The van der Waals surface area contributed by atoms with E-state index in [1.165, 1.54) is 6.92 Å². The van der Waals surface area contributed by atoms with E-state index in [9.17, 15) is 9.59 Å². The molecule has 118 valence electrons. The summed E-state index contributed by atoms with van der Waals surface area (Å²) in [5.74, 6) is -0.543. The molecule has 23 heavy (non-hydrogen) atoms. The second-order valence-electron chi connectivity index (χ2n) is 4.68. The van der Waals surface area contributed by atoms with Gasteiger partial charge in [-0.1, -0.05) is 23.7 Å². The molecule has 2 aromatic rings. The van der Waals surface area contributed by atoms with Crippen molar-refractivity contribution in [3.8, 4) is 0 Å². The smallest absolute Gasteiger partial charge is 0.255 e. The van der Waals surface area contributed by atoms with Gasteiger partial charge >= 0.3 is 0 Å². The van der Waals surface area contributed by atoms with Crippen LogP contribution in [0.25, 0.3) is 0 Å². The van der Waals surface area contributed by atoms with E-state index >= 15 is 0 Å². The quantitative estimate of drug-likeness (QED) is 0.744. The second kappa shape index (κ2) is 7.71. The molecule has 0 aliphatic rings. The monoisotopic (exact) mass is 347 g/mol. The van der Waals surface area contributed by atoms with Gasteiger partial charge in [-0.3, -0.25) is 9.59 Å². The number of nitrogens with one attached hydrogen (secondary N) is 3. The van der Waals surface area contributed by atoms with Gasteiger partial charge in [-0.2, -0.15) is 0 Å². The Morgan fingerprint density at radius 3 is 2.30 bits per heavy atom. The summed E-state index contributed by atoms with van der Waals surface area (Å²) in [6.45, 7) is 1.36. The molecule has 0 unspecified atom stereocenters. The molecule has 0 fully saturated rings. The molecule has 0 spiro atoms. The van der Waals surface area contributed by atoms with E-state index in [0.29, 0.717) is 22.0 Å². The zero-order valence-electron chi connectivity index (χ0n) is 12.2. The molecule has 2 amide bonds. The summed E-state index contributed by atoms with van der Waals surface area (Å²) in [4.78, 5) is 23.2. The Balaban J connectivity index is 2.08. The third kappa shape index (κ3) is 5.36. The van der Waals surface area contributed by atoms with Crippen molar-refractivity contribution in [3.63, 3.8) is 0 Å². The van der Waals surface area contributed by atoms with Gasteiger partial charge in [-0.25, -0.2) is 0 Å². The normalized spacial score (nSPS) is 9.83. The third-order valence-electron chi connectivity index (χ3n) is 2.75. The summed E-state index contributed by atoms with van der Waals surface area (Å²) in [6.07, 6.45) is 0. The third-order valence-corrected chi connectivity index (χ3v) is 3.19. The van der Waals surface area contributed by atoms with Crippen molar-refractivity contribution in [3.05, 3.63) is 59.1 Å². The lowest BCUT2D eigenvalue weighted by molar-refractivity contribution is -0.117. The van der Waals surface area contributed by atoms with Crippen LogP contribution in [0.1, 0.15) is 17.3 Å². The van der Waals surface area contributed by atoms with Crippen molar-refractivity contribution in [2.45, 2.75) is 6.92 Å². The summed E-state index contributed by atoms with van der Waals surface area (Å²) in [7, 11) is 0. The molecule has 0 bridgehead atoms. The van der Waals surface area contributed by atoms with E-state index in [2.05, 4.69) is 16.0 Å². The van der Waals surface area contributed by atoms with Crippen LogP contribution in [0.4, 0.5) is 11.4 Å². The van der Waals surface area contributed by atoms with Crippen molar-refractivity contribution < 1.29 is 9.59 Å². The van der Waals surface area contributed by atoms with Crippen LogP contribution >= 0.6 is 23.8 Å². The van der Waals surface area contributed by atoms with Gasteiger partial charge in [-0.15, -0.1) is 0 Å².